The van der Waals surface area contributed by atoms with Gasteiger partial charge in [-0.25, -0.2) is 0 Å². The molecule has 0 aliphatic rings. The van der Waals surface area contributed by atoms with Gasteiger partial charge < -0.3 is 10.8 Å². The summed E-state index contributed by atoms with van der Waals surface area (Å²) in [5, 5.41) is 22.5. The van der Waals surface area contributed by atoms with Crippen LogP contribution < -0.4 is 5.73 Å². The maximum absolute atomic E-state index is 10.2. The molecule has 6 heteroatoms. The molecule has 0 saturated heterocycles. The SMILES string of the molecule is Nc1ccccc1C(O)Cn1nnc(-c2ccccc2)n1. The molecule has 1 unspecified atom stereocenters. The van der Waals surface area contributed by atoms with Crippen LogP contribution >= 0.6 is 0 Å². The normalized spacial score (nSPS) is 12.2. The van der Waals surface area contributed by atoms with Crippen LogP contribution in [0.5, 0.6) is 0 Å². The van der Waals surface area contributed by atoms with E-state index in [4.69, 9.17) is 5.73 Å². The number of aliphatic hydroxyl groups is 1. The van der Waals surface area contributed by atoms with E-state index in [2.05, 4.69) is 15.4 Å². The lowest BCUT2D eigenvalue weighted by Crippen LogP contribution is -2.13. The van der Waals surface area contributed by atoms with E-state index in [9.17, 15) is 5.11 Å². The number of anilines is 1. The number of rotatable bonds is 4. The summed E-state index contributed by atoms with van der Waals surface area (Å²) in [6.45, 7) is 0.202. The fourth-order valence-electron chi connectivity index (χ4n) is 2.09. The number of para-hydroxylation sites is 1. The van der Waals surface area contributed by atoms with E-state index in [1.165, 1.54) is 4.80 Å². The second kappa shape index (κ2) is 5.72. The maximum Gasteiger partial charge on any atom is 0.204 e. The predicted octanol–water partition coefficient (Wildman–Crippen LogP) is 1.66. The highest BCUT2D eigenvalue weighted by molar-refractivity contribution is 5.53. The molecule has 0 aliphatic carbocycles. The third-order valence-corrected chi connectivity index (χ3v) is 3.18. The van der Waals surface area contributed by atoms with Crippen LogP contribution in [0, 0.1) is 0 Å². The van der Waals surface area contributed by atoms with Gasteiger partial charge in [0.25, 0.3) is 0 Å². The molecule has 106 valence electrons. The summed E-state index contributed by atoms with van der Waals surface area (Å²) in [4.78, 5) is 1.37. The van der Waals surface area contributed by atoms with Gasteiger partial charge in [-0.05, 0) is 11.3 Å². The molecule has 0 radical (unpaired) electrons. The van der Waals surface area contributed by atoms with Gasteiger partial charge in [-0.1, -0.05) is 48.5 Å². The van der Waals surface area contributed by atoms with Gasteiger partial charge in [0.1, 0.15) is 6.10 Å². The lowest BCUT2D eigenvalue weighted by atomic mass is 10.1. The quantitative estimate of drug-likeness (QED) is 0.710. The van der Waals surface area contributed by atoms with Crippen molar-refractivity contribution in [2.75, 3.05) is 5.73 Å². The Hall–Kier alpha value is -2.73. The average Bonchev–Trinajstić information content (AvgIpc) is 2.97. The van der Waals surface area contributed by atoms with Crippen molar-refractivity contribution in [2.24, 2.45) is 0 Å². The number of aliphatic hydroxyl groups excluding tert-OH is 1. The minimum Gasteiger partial charge on any atom is -0.398 e. The zero-order valence-corrected chi connectivity index (χ0v) is 11.3. The molecule has 0 spiro atoms. The van der Waals surface area contributed by atoms with Crippen LogP contribution in [0.1, 0.15) is 11.7 Å². The van der Waals surface area contributed by atoms with Gasteiger partial charge in [0, 0.05) is 16.8 Å². The molecular formula is C15H15N5O. The Balaban J connectivity index is 1.77. The minimum absolute atomic E-state index is 0.202. The lowest BCUT2D eigenvalue weighted by Gasteiger charge is -2.11. The summed E-state index contributed by atoms with van der Waals surface area (Å²) in [6.07, 6.45) is -0.774. The Morgan fingerprint density at radius 3 is 2.52 bits per heavy atom. The topological polar surface area (TPSA) is 89.8 Å². The molecule has 6 nitrogen and oxygen atoms in total. The van der Waals surface area contributed by atoms with Crippen molar-refractivity contribution in [1.82, 2.24) is 20.2 Å². The molecule has 0 fully saturated rings. The maximum atomic E-state index is 10.2. The fraction of sp³-hybridized carbons (Fsp3) is 0.133. The first-order valence-electron chi connectivity index (χ1n) is 6.60. The molecule has 21 heavy (non-hydrogen) atoms. The van der Waals surface area contributed by atoms with Crippen molar-refractivity contribution in [2.45, 2.75) is 12.6 Å². The second-order valence-corrected chi connectivity index (χ2v) is 4.68. The number of hydrogen-bond donors (Lipinski definition) is 2. The number of aromatic nitrogens is 4. The van der Waals surface area contributed by atoms with E-state index in [-0.39, 0.29) is 6.54 Å². The smallest absolute Gasteiger partial charge is 0.204 e. The van der Waals surface area contributed by atoms with Crippen LogP contribution in [-0.4, -0.2) is 25.3 Å². The molecular weight excluding hydrogens is 266 g/mol. The summed E-state index contributed by atoms with van der Waals surface area (Å²) in [6, 6.07) is 16.8. The summed E-state index contributed by atoms with van der Waals surface area (Å²) in [5.74, 6) is 0.531. The van der Waals surface area contributed by atoms with Gasteiger partial charge in [-0.15, -0.1) is 10.2 Å². The zero-order valence-electron chi connectivity index (χ0n) is 11.3. The molecule has 1 atom stereocenters. The molecule has 0 saturated carbocycles. The molecule has 3 aromatic rings. The van der Waals surface area contributed by atoms with Crippen molar-refractivity contribution >= 4 is 5.69 Å². The average molecular weight is 281 g/mol. The Morgan fingerprint density at radius 1 is 1.05 bits per heavy atom. The third-order valence-electron chi connectivity index (χ3n) is 3.18. The van der Waals surface area contributed by atoms with E-state index in [1.807, 2.05) is 42.5 Å². The minimum atomic E-state index is -0.774. The Kier molecular flexibility index (Phi) is 3.61. The summed E-state index contributed by atoms with van der Waals surface area (Å²) >= 11 is 0. The van der Waals surface area contributed by atoms with Gasteiger partial charge in [-0.2, -0.15) is 4.80 Å². The number of hydrogen-bond acceptors (Lipinski definition) is 5. The third kappa shape index (κ3) is 2.90. The van der Waals surface area contributed by atoms with Crippen molar-refractivity contribution < 1.29 is 5.11 Å². The highest BCUT2D eigenvalue weighted by Gasteiger charge is 2.13. The Labute approximate surface area is 121 Å². The van der Waals surface area contributed by atoms with E-state index >= 15 is 0 Å². The van der Waals surface area contributed by atoms with Gasteiger partial charge in [-0.3, -0.25) is 0 Å². The van der Waals surface area contributed by atoms with Crippen LogP contribution in [0.25, 0.3) is 11.4 Å². The van der Waals surface area contributed by atoms with E-state index < -0.39 is 6.10 Å². The zero-order chi connectivity index (χ0) is 14.7. The Morgan fingerprint density at radius 2 is 1.76 bits per heavy atom. The van der Waals surface area contributed by atoms with Crippen LogP contribution in [-0.2, 0) is 6.54 Å². The van der Waals surface area contributed by atoms with Gasteiger partial charge in [0.05, 0.1) is 6.54 Å². The lowest BCUT2D eigenvalue weighted by molar-refractivity contribution is 0.145. The fourth-order valence-corrected chi connectivity index (χ4v) is 2.09. The highest BCUT2D eigenvalue weighted by Crippen LogP contribution is 2.21. The van der Waals surface area contributed by atoms with Gasteiger partial charge >= 0.3 is 0 Å². The first-order valence-corrected chi connectivity index (χ1v) is 6.60. The largest absolute Gasteiger partial charge is 0.398 e. The monoisotopic (exact) mass is 281 g/mol. The summed E-state index contributed by atoms with van der Waals surface area (Å²) in [5.41, 5.74) is 7.94. The summed E-state index contributed by atoms with van der Waals surface area (Å²) in [7, 11) is 0. The number of benzene rings is 2. The molecule has 1 aromatic heterocycles. The molecule has 0 aliphatic heterocycles. The highest BCUT2D eigenvalue weighted by atomic mass is 16.3. The van der Waals surface area contributed by atoms with Gasteiger partial charge in [0.2, 0.25) is 5.82 Å². The second-order valence-electron chi connectivity index (χ2n) is 4.68. The molecule has 3 N–H and O–H groups in total. The number of nitrogen functional groups attached to an aromatic ring is 1. The number of nitrogens with zero attached hydrogens (tertiary/aromatic N) is 4. The molecule has 1 heterocycles. The first-order chi connectivity index (χ1) is 10.2. The van der Waals surface area contributed by atoms with Crippen LogP contribution in [0.3, 0.4) is 0 Å². The van der Waals surface area contributed by atoms with Gasteiger partial charge in [0.15, 0.2) is 0 Å². The van der Waals surface area contributed by atoms with Crippen molar-refractivity contribution in [3.8, 4) is 11.4 Å². The summed E-state index contributed by atoms with van der Waals surface area (Å²) < 4.78 is 0. The van der Waals surface area contributed by atoms with Crippen molar-refractivity contribution in [3.05, 3.63) is 60.2 Å². The molecule has 2 aromatic carbocycles. The predicted molar refractivity (Wildman–Crippen MR) is 79.1 cm³/mol. The van der Waals surface area contributed by atoms with Crippen molar-refractivity contribution in [3.63, 3.8) is 0 Å². The van der Waals surface area contributed by atoms with Crippen LogP contribution in [0.4, 0.5) is 5.69 Å². The first kappa shape index (κ1) is 13.3. The van der Waals surface area contributed by atoms with Crippen LogP contribution in [0.2, 0.25) is 0 Å². The van der Waals surface area contributed by atoms with E-state index in [0.29, 0.717) is 17.1 Å². The van der Waals surface area contributed by atoms with Crippen LogP contribution in [0.15, 0.2) is 54.6 Å². The standard InChI is InChI=1S/C15H15N5O/c16-13-9-5-4-8-12(13)14(21)10-20-18-15(17-19-20)11-6-2-1-3-7-11/h1-9,14,21H,10,16H2. The van der Waals surface area contributed by atoms with E-state index in [1.54, 1.807) is 12.1 Å². The molecule has 0 bridgehead atoms. The number of nitrogens with two attached hydrogens (primary N) is 1. The molecule has 3 rings (SSSR count). The Bertz CT molecular complexity index is 726. The van der Waals surface area contributed by atoms with Crippen molar-refractivity contribution in [1.29, 1.82) is 0 Å². The molecule has 0 amide bonds. The van der Waals surface area contributed by atoms with E-state index in [0.717, 1.165) is 5.56 Å². The number of tetrazole rings is 1.